The molecule has 2 N–H and O–H groups in total. The molecule has 120 valence electrons. The van der Waals surface area contributed by atoms with Crippen molar-refractivity contribution in [1.82, 2.24) is 20.5 Å². The largest absolute Gasteiger partial charge is 0.355 e. The number of hydrogen-bond donors (Lipinski definition) is 2. The molecule has 1 amide bonds. The fourth-order valence-corrected chi connectivity index (χ4v) is 3.56. The van der Waals surface area contributed by atoms with Gasteiger partial charge < -0.3 is 5.32 Å². The number of nitrogens with zero attached hydrogens (tertiary/aromatic N) is 2. The molecule has 0 bridgehead atoms. The number of amides is 1. The topological polar surface area (TPSA) is 70.7 Å². The number of rotatable bonds is 3. The zero-order valence-electron chi connectivity index (χ0n) is 13.2. The molecule has 0 radical (unpaired) electrons. The Balaban J connectivity index is 1.57. The molecule has 1 saturated carbocycles. The number of aromatic nitrogens is 3. The van der Waals surface area contributed by atoms with Gasteiger partial charge in [0.1, 0.15) is 0 Å². The van der Waals surface area contributed by atoms with Gasteiger partial charge in [0, 0.05) is 36.0 Å². The third kappa shape index (κ3) is 2.28. The number of aromatic amines is 1. The summed E-state index contributed by atoms with van der Waals surface area (Å²) in [6, 6.07) is 10.6. The fourth-order valence-electron chi connectivity index (χ4n) is 3.56. The number of pyridine rings is 1. The second-order valence-corrected chi connectivity index (χ2v) is 6.84. The highest BCUT2D eigenvalue weighted by Crippen LogP contribution is 2.41. The Hall–Kier alpha value is -2.69. The van der Waals surface area contributed by atoms with Crippen molar-refractivity contribution >= 4 is 16.9 Å². The summed E-state index contributed by atoms with van der Waals surface area (Å²) in [5, 5.41) is 11.5. The van der Waals surface area contributed by atoms with Gasteiger partial charge in [0.25, 0.3) is 0 Å². The van der Waals surface area contributed by atoms with Crippen molar-refractivity contribution in [2.45, 2.75) is 31.1 Å². The van der Waals surface area contributed by atoms with Crippen LogP contribution in [0.3, 0.4) is 0 Å². The molecular formula is C19H18N4O. The van der Waals surface area contributed by atoms with Crippen LogP contribution in [-0.4, -0.2) is 27.6 Å². The van der Waals surface area contributed by atoms with Gasteiger partial charge in [0.15, 0.2) is 5.65 Å². The van der Waals surface area contributed by atoms with Crippen molar-refractivity contribution in [1.29, 1.82) is 0 Å². The highest BCUT2D eigenvalue weighted by molar-refractivity contribution is 5.91. The molecule has 1 saturated heterocycles. The van der Waals surface area contributed by atoms with Crippen LogP contribution in [0.5, 0.6) is 0 Å². The van der Waals surface area contributed by atoms with Gasteiger partial charge in [-0.15, -0.1) is 0 Å². The molecule has 1 unspecified atom stereocenters. The van der Waals surface area contributed by atoms with Crippen molar-refractivity contribution in [2.75, 3.05) is 6.54 Å². The SMILES string of the molecule is O=C1CC(c2cccc(-c3[nH]nc4ncc(C5CC5)cc34)c2)CN1. The monoisotopic (exact) mass is 318 g/mol. The van der Waals surface area contributed by atoms with Gasteiger partial charge in [-0.2, -0.15) is 5.10 Å². The number of carbonyl (C=O) groups excluding carboxylic acids is 1. The van der Waals surface area contributed by atoms with E-state index in [2.05, 4.69) is 50.8 Å². The van der Waals surface area contributed by atoms with E-state index >= 15 is 0 Å². The lowest BCUT2D eigenvalue weighted by atomic mass is 9.95. The first-order chi connectivity index (χ1) is 11.8. The minimum atomic E-state index is 0.135. The van der Waals surface area contributed by atoms with Crippen LogP contribution in [0.4, 0.5) is 0 Å². The van der Waals surface area contributed by atoms with E-state index in [1.54, 1.807) is 0 Å². The molecule has 24 heavy (non-hydrogen) atoms. The first-order valence-electron chi connectivity index (χ1n) is 8.49. The number of benzene rings is 1. The fraction of sp³-hybridized carbons (Fsp3) is 0.316. The standard InChI is InChI=1S/C19H18N4O/c24-17-8-15(9-20-17)12-2-1-3-13(6-12)18-16-7-14(11-4-5-11)10-21-19(16)23-22-18/h1-3,6-7,10-11,15H,4-5,8-9H2,(H,20,24)(H,21,22,23). The van der Waals surface area contributed by atoms with E-state index in [4.69, 9.17) is 0 Å². The summed E-state index contributed by atoms with van der Waals surface area (Å²) >= 11 is 0. The average molecular weight is 318 g/mol. The molecule has 2 fully saturated rings. The van der Waals surface area contributed by atoms with E-state index in [-0.39, 0.29) is 11.8 Å². The third-order valence-corrected chi connectivity index (χ3v) is 5.10. The number of hydrogen-bond acceptors (Lipinski definition) is 3. The first kappa shape index (κ1) is 13.7. The third-order valence-electron chi connectivity index (χ3n) is 5.10. The molecule has 2 aromatic heterocycles. The molecule has 1 aliphatic heterocycles. The van der Waals surface area contributed by atoms with Gasteiger partial charge in [-0.3, -0.25) is 9.89 Å². The maximum atomic E-state index is 11.5. The number of nitrogens with one attached hydrogen (secondary N) is 2. The van der Waals surface area contributed by atoms with Crippen molar-refractivity contribution < 1.29 is 4.79 Å². The molecule has 3 heterocycles. The van der Waals surface area contributed by atoms with Crippen LogP contribution in [0.1, 0.15) is 42.2 Å². The average Bonchev–Trinajstić information content (AvgIpc) is 3.23. The van der Waals surface area contributed by atoms with Crippen LogP contribution < -0.4 is 5.32 Å². The van der Waals surface area contributed by atoms with E-state index in [0.717, 1.165) is 28.8 Å². The van der Waals surface area contributed by atoms with Gasteiger partial charge in [-0.1, -0.05) is 18.2 Å². The summed E-state index contributed by atoms with van der Waals surface area (Å²) < 4.78 is 0. The van der Waals surface area contributed by atoms with Crippen LogP contribution in [0.25, 0.3) is 22.3 Å². The Morgan fingerprint density at radius 1 is 1.08 bits per heavy atom. The maximum Gasteiger partial charge on any atom is 0.220 e. The highest BCUT2D eigenvalue weighted by Gasteiger charge is 2.25. The van der Waals surface area contributed by atoms with Crippen molar-refractivity contribution in [2.24, 2.45) is 0 Å². The Kier molecular flexibility index (Phi) is 2.95. The van der Waals surface area contributed by atoms with E-state index in [1.165, 1.54) is 24.0 Å². The zero-order chi connectivity index (χ0) is 16.1. The number of carbonyl (C=O) groups is 1. The Morgan fingerprint density at radius 2 is 2.00 bits per heavy atom. The minimum absolute atomic E-state index is 0.135. The van der Waals surface area contributed by atoms with E-state index in [1.807, 2.05) is 6.20 Å². The van der Waals surface area contributed by atoms with Crippen molar-refractivity contribution in [3.8, 4) is 11.3 Å². The van der Waals surface area contributed by atoms with Crippen LogP contribution >= 0.6 is 0 Å². The van der Waals surface area contributed by atoms with Crippen LogP contribution in [0, 0.1) is 0 Å². The quantitative estimate of drug-likeness (QED) is 0.779. The normalized spacial score (nSPS) is 20.5. The number of H-pyrrole nitrogens is 1. The molecule has 1 aliphatic carbocycles. The van der Waals surface area contributed by atoms with Crippen molar-refractivity contribution in [3.63, 3.8) is 0 Å². The van der Waals surface area contributed by atoms with Gasteiger partial charge in [-0.05, 0) is 42.0 Å². The summed E-state index contributed by atoms with van der Waals surface area (Å²) in [7, 11) is 0. The molecule has 2 aliphatic rings. The first-order valence-corrected chi connectivity index (χ1v) is 8.49. The van der Waals surface area contributed by atoms with Gasteiger partial charge in [-0.25, -0.2) is 4.98 Å². The Labute approximate surface area is 139 Å². The Bertz CT molecular complexity index is 941. The zero-order valence-corrected chi connectivity index (χ0v) is 13.2. The van der Waals surface area contributed by atoms with Crippen LogP contribution in [0.2, 0.25) is 0 Å². The van der Waals surface area contributed by atoms with E-state index in [9.17, 15) is 4.79 Å². The van der Waals surface area contributed by atoms with Crippen LogP contribution in [0.15, 0.2) is 36.5 Å². The molecule has 1 atom stereocenters. The summed E-state index contributed by atoms with van der Waals surface area (Å²) in [4.78, 5) is 16.0. The van der Waals surface area contributed by atoms with E-state index < -0.39 is 0 Å². The summed E-state index contributed by atoms with van der Waals surface area (Å²) in [5.74, 6) is 1.06. The summed E-state index contributed by atoms with van der Waals surface area (Å²) in [6.07, 6.45) is 5.05. The van der Waals surface area contributed by atoms with Crippen molar-refractivity contribution in [3.05, 3.63) is 47.7 Å². The smallest absolute Gasteiger partial charge is 0.220 e. The molecule has 5 heteroatoms. The van der Waals surface area contributed by atoms with Gasteiger partial charge in [0.05, 0.1) is 5.69 Å². The lowest BCUT2D eigenvalue weighted by Gasteiger charge is -2.09. The molecule has 5 nitrogen and oxygen atoms in total. The predicted octanol–water partition coefficient (Wildman–Crippen LogP) is 3.11. The highest BCUT2D eigenvalue weighted by atomic mass is 16.1. The lowest BCUT2D eigenvalue weighted by Crippen LogP contribution is -2.13. The molecule has 1 aromatic carbocycles. The lowest BCUT2D eigenvalue weighted by molar-refractivity contribution is -0.119. The van der Waals surface area contributed by atoms with Gasteiger partial charge in [0.2, 0.25) is 5.91 Å². The molecule has 5 rings (SSSR count). The Morgan fingerprint density at radius 3 is 2.79 bits per heavy atom. The number of fused-ring (bicyclic) bond motifs is 1. The molecule has 0 spiro atoms. The van der Waals surface area contributed by atoms with Gasteiger partial charge >= 0.3 is 0 Å². The molecular weight excluding hydrogens is 300 g/mol. The van der Waals surface area contributed by atoms with E-state index in [0.29, 0.717) is 12.3 Å². The summed E-state index contributed by atoms with van der Waals surface area (Å²) in [6.45, 7) is 0.722. The second-order valence-electron chi connectivity index (χ2n) is 6.84. The predicted molar refractivity (Wildman–Crippen MR) is 91.7 cm³/mol. The van der Waals surface area contributed by atoms with Crippen LogP contribution in [-0.2, 0) is 4.79 Å². The maximum absolute atomic E-state index is 11.5. The minimum Gasteiger partial charge on any atom is -0.355 e. The second kappa shape index (κ2) is 5.16. The molecule has 3 aromatic rings. The summed E-state index contributed by atoms with van der Waals surface area (Å²) in [5.41, 5.74) is 5.38.